The summed E-state index contributed by atoms with van der Waals surface area (Å²) in [5.41, 5.74) is 1.14. The highest BCUT2D eigenvalue weighted by Gasteiger charge is 2.21. The van der Waals surface area contributed by atoms with Gasteiger partial charge in [-0.1, -0.05) is 43.2 Å². The summed E-state index contributed by atoms with van der Waals surface area (Å²) < 4.78 is 0. The molecule has 0 aliphatic heterocycles. The predicted octanol–water partition coefficient (Wildman–Crippen LogP) is 2.47. The van der Waals surface area contributed by atoms with E-state index in [1.54, 1.807) is 0 Å². The van der Waals surface area contributed by atoms with E-state index in [4.69, 9.17) is 0 Å². The Bertz CT molecular complexity index is 385. The first kappa shape index (κ1) is 14.1. The topological polar surface area (TPSA) is 41.1 Å². The van der Waals surface area contributed by atoms with E-state index in [9.17, 15) is 4.79 Å². The van der Waals surface area contributed by atoms with Crippen LogP contribution in [0.3, 0.4) is 0 Å². The Morgan fingerprint density at radius 3 is 2.63 bits per heavy atom. The van der Waals surface area contributed by atoms with Gasteiger partial charge >= 0.3 is 0 Å². The Balaban J connectivity index is 1.64. The molecule has 3 heteroatoms. The Morgan fingerprint density at radius 1 is 1.26 bits per heavy atom. The predicted molar refractivity (Wildman–Crippen MR) is 77.7 cm³/mol. The van der Waals surface area contributed by atoms with Crippen LogP contribution in [0.25, 0.3) is 0 Å². The van der Waals surface area contributed by atoms with E-state index in [0.717, 1.165) is 11.5 Å². The maximum atomic E-state index is 11.8. The molecule has 3 nitrogen and oxygen atoms in total. The van der Waals surface area contributed by atoms with Crippen molar-refractivity contribution in [2.24, 2.45) is 5.92 Å². The van der Waals surface area contributed by atoms with Crippen molar-refractivity contribution in [3.8, 4) is 0 Å². The fraction of sp³-hybridized carbons (Fsp3) is 0.562. The Labute approximate surface area is 115 Å². The van der Waals surface area contributed by atoms with Crippen molar-refractivity contribution < 1.29 is 4.79 Å². The molecule has 0 heterocycles. The number of nitrogens with one attached hydrogen (secondary N) is 2. The van der Waals surface area contributed by atoms with Gasteiger partial charge in [0.2, 0.25) is 5.91 Å². The highest BCUT2D eigenvalue weighted by molar-refractivity contribution is 5.78. The zero-order chi connectivity index (χ0) is 13.5. The maximum absolute atomic E-state index is 11.8. The third-order valence-electron chi connectivity index (χ3n) is 4.02. The molecule has 1 fully saturated rings. The zero-order valence-corrected chi connectivity index (χ0v) is 11.7. The van der Waals surface area contributed by atoms with Crippen LogP contribution in [0, 0.1) is 5.92 Å². The highest BCUT2D eigenvalue weighted by atomic mass is 16.1. The number of rotatable bonds is 6. The number of carbonyl (C=O) groups is 1. The van der Waals surface area contributed by atoms with Gasteiger partial charge in [-0.25, -0.2) is 0 Å². The molecule has 1 aromatic rings. The van der Waals surface area contributed by atoms with Crippen LogP contribution in [0.15, 0.2) is 30.3 Å². The van der Waals surface area contributed by atoms with E-state index in [2.05, 4.69) is 17.6 Å². The van der Waals surface area contributed by atoms with E-state index in [0.29, 0.717) is 19.1 Å². The molecule has 1 aliphatic carbocycles. The first-order valence-electron chi connectivity index (χ1n) is 7.29. The second-order valence-electron chi connectivity index (χ2n) is 5.48. The number of hydrogen-bond acceptors (Lipinski definition) is 2. The summed E-state index contributed by atoms with van der Waals surface area (Å²) in [6.45, 7) is 3.23. The summed E-state index contributed by atoms with van der Waals surface area (Å²) in [5.74, 6) is 0.829. The zero-order valence-electron chi connectivity index (χ0n) is 11.7. The van der Waals surface area contributed by atoms with E-state index in [1.807, 2.05) is 30.3 Å². The summed E-state index contributed by atoms with van der Waals surface area (Å²) in [7, 11) is 0. The van der Waals surface area contributed by atoms with Crippen LogP contribution in [-0.2, 0) is 11.3 Å². The van der Waals surface area contributed by atoms with Crippen molar-refractivity contribution in [1.29, 1.82) is 0 Å². The lowest BCUT2D eigenvalue weighted by atomic mass is 10.00. The Morgan fingerprint density at radius 2 is 1.95 bits per heavy atom. The smallest absolute Gasteiger partial charge is 0.234 e. The van der Waals surface area contributed by atoms with Crippen LogP contribution in [0.4, 0.5) is 0 Å². The highest BCUT2D eigenvalue weighted by Crippen LogP contribution is 2.27. The summed E-state index contributed by atoms with van der Waals surface area (Å²) in [6, 6.07) is 10.5. The van der Waals surface area contributed by atoms with Crippen molar-refractivity contribution >= 4 is 5.91 Å². The molecule has 104 valence electrons. The standard InChI is InChI=1S/C16H24N2O/c1-13(15-9-5-6-10-15)17-12-16(19)18-11-14-7-3-2-4-8-14/h2-4,7-8,13,15,17H,5-6,9-12H2,1H3,(H,18,19)/t13-/m0/s1. The van der Waals surface area contributed by atoms with Gasteiger partial charge in [0, 0.05) is 12.6 Å². The molecule has 2 N–H and O–H groups in total. The SMILES string of the molecule is C[C@H](NCC(=O)NCc1ccccc1)C1CCCC1. The molecule has 1 atom stereocenters. The van der Waals surface area contributed by atoms with Gasteiger partial charge in [0.15, 0.2) is 0 Å². The minimum absolute atomic E-state index is 0.0775. The van der Waals surface area contributed by atoms with E-state index < -0.39 is 0 Å². The largest absolute Gasteiger partial charge is 0.351 e. The quantitative estimate of drug-likeness (QED) is 0.825. The molecule has 0 radical (unpaired) electrons. The molecule has 1 aromatic carbocycles. The maximum Gasteiger partial charge on any atom is 0.234 e. The number of amides is 1. The lowest BCUT2D eigenvalue weighted by molar-refractivity contribution is -0.120. The molecule has 19 heavy (non-hydrogen) atoms. The number of benzene rings is 1. The second kappa shape index (κ2) is 7.29. The van der Waals surface area contributed by atoms with Gasteiger partial charge < -0.3 is 10.6 Å². The van der Waals surface area contributed by atoms with Crippen molar-refractivity contribution in [3.63, 3.8) is 0 Å². The number of carbonyl (C=O) groups excluding carboxylic acids is 1. The second-order valence-corrected chi connectivity index (χ2v) is 5.48. The molecule has 2 rings (SSSR count). The minimum Gasteiger partial charge on any atom is -0.351 e. The number of hydrogen-bond donors (Lipinski definition) is 2. The van der Waals surface area contributed by atoms with E-state index in [1.165, 1.54) is 25.7 Å². The minimum atomic E-state index is 0.0775. The van der Waals surface area contributed by atoms with Crippen molar-refractivity contribution in [2.75, 3.05) is 6.54 Å². The first-order valence-corrected chi connectivity index (χ1v) is 7.29. The molecule has 0 bridgehead atoms. The monoisotopic (exact) mass is 260 g/mol. The molecular formula is C16H24N2O. The first-order chi connectivity index (χ1) is 9.25. The van der Waals surface area contributed by atoms with Crippen LogP contribution in [0.1, 0.15) is 38.2 Å². The lowest BCUT2D eigenvalue weighted by Gasteiger charge is -2.20. The van der Waals surface area contributed by atoms with Gasteiger partial charge in [-0.15, -0.1) is 0 Å². The van der Waals surface area contributed by atoms with Gasteiger partial charge in [0.05, 0.1) is 6.54 Å². The van der Waals surface area contributed by atoms with E-state index in [-0.39, 0.29) is 5.91 Å². The summed E-state index contributed by atoms with van der Waals surface area (Å²) in [5, 5.41) is 6.29. The molecule has 1 aliphatic rings. The molecule has 0 saturated heterocycles. The Kier molecular flexibility index (Phi) is 5.40. The Hall–Kier alpha value is -1.35. The van der Waals surface area contributed by atoms with Gasteiger partial charge in [-0.2, -0.15) is 0 Å². The molecule has 0 spiro atoms. The van der Waals surface area contributed by atoms with Crippen molar-refractivity contribution in [2.45, 2.75) is 45.2 Å². The summed E-state index contributed by atoms with van der Waals surface area (Å²) >= 11 is 0. The van der Waals surface area contributed by atoms with Crippen LogP contribution >= 0.6 is 0 Å². The fourth-order valence-electron chi connectivity index (χ4n) is 2.74. The molecule has 1 amide bonds. The average Bonchev–Trinajstić information content (AvgIpc) is 2.98. The lowest BCUT2D eigenvalue weighted by Crippen LogP contribution is -2.40. The summed E-state index contributed by atoms with van der Waals surface area (Å²) in [4.78, 5) is 11.8. The van der Waals surface area contributed by atoms with Crippen LogP contribution in [0.2, 0.25) is 0 Å². The fourth-order valence-corrected chi connectivity index (χ4v) is 2.74. The molecular weight excluding hydrogens is 236 g/mol. The van der Waals surface area contributed by atoms with Gasteiger partial charge in [-0.3, -0.25) is 4.79 Å². The molecule has 0 aromatic heterocycles. The molecule has 1 saturated carbocycles. The van der Waals surface area contributed by atoms with Crippen molar-refractivity contribution in [1.82, 2.24) is 10.6 Å². The third kappa shape index (κ3) is 4.67. The summed E-state index contributed by atoms with van der Waals surface area (Å²) in [6.07, 6.45) is 5.30. The molecule has 0 unspecified atom stereocenters. The third-order valence-corrected chi connectivity index (χ3v) is 4.02. The van der Waals surface area contributed by atoms with Gasteiger partial charge in [0.25, 0.3) is 0 Å². The normalized spacial score (nSPS) is 17.3. The van der Waals surface area contributed by atoms with Crippen LogP contribution in [0.5, 0.6) is 0 Å². The van der Waals surface area contributed by atoms with Gasteiger partial charge in [0.1, 0.15) is 0 Å². The van der Waals surface area contributed by atoms with E-state index >= 15 is 0 Å². The van der Waals surface area contributed by atoms with Crippen LogP contribution in [-0.4, -0.2) is 18.5 Å². The van der Waals surface area contributed by atoms with Crippen molar-refractivity contribution in [3.05, 3.63) is 35.9 Å². The van der Waals surface area contributed by atoms with Gasteiger partial charge in [-0.05, 0) is 31.2 Å². The van der Waals surface area contributed by atoms with Crippen LogP contribution < -0.4 is 10.6 Å². The average molecular weight is 260 g/mol.